The zero-order chi connectivity index (χ0) is 15.6. The smallest absolute Gasteiger partial charge is 0.119 e. The molecular weight excluding hydrogens is 330 g/mol. The van der Waals surface area contributed by atoms with Gasteiger partial charge in [-0.05, 0) is 44.7 Å². The van der Waals surface area contributed by atoms with E-state index in [1.165, 1.54) is 5.56 Å². The number of hydrogen-bond donors (Lipinski definition) is 1. The van der Waals surface area contributed by atoms with E-state index in [2.05, 4.69) is 52.7 Å². The first-order valence-corrected chi connectivity index (χ1v) is 8.26. The van der Waals surface area contributed by atoms with E-state index in [9.17, 15) is 0 Å². The normalized spacial score (nSPS) is 25.8. The second-order valence-electron chi connectivity index (χ2n) is 5.96. The van der Waals surface area contributed by atoms with Gasteiger partial charge in [0, 0.05) is 42.2 Å². The molecule has 1 heterocycles. The van der Waals surface area contributed by atoms with Crippen LogP contribution < -0.4 is 10.5 Å². The Hall–Kier alpha value is -0.620. The average molecular weight is 356 g/mol. The van der Waals surface area contributed by atoms with Gasteiger partial charge in [-0.15, -0.1) is 0 Å². The van der Waals surface area contributed by atoms with Crippen LogP contribution in [0.3, 0.4) is 0 Å². The Balaban J connectivity index is 2.27. The van der Waals surface area contributed by atoms with E-state index in [0.29, 0.717) is 18.6 Å². The largest absolute Gasteiger partial charge is 0.497 e. The number of halogens is 1. The molecule has 0 bridgehead atoms. The van der Waals surface area contributed by atoms with Crippen LogP contribution in [0.25, 0.3) is 0 Å². The fraction of sp³-hybridized carbons (Fsp3) is 0.625. The van der Waals surface area contributed by atoms with E-state index in [-0.39, 0.29) is 6.04 Å². The van der Waals surface area contributed by atoms with E-state index in [1.54, 1.807) is 7.11 Å². The number of benzene rings is 1. The molecule has 0 radical (unpaired) electrons. The predicted octanol–water partition coefficient (Wildman–Crippen LogP) is 2.48. The molecule has 0 spiro atoms. The lowest BCUT2D eigenvalue weighted by Gasteiger charge is -2.45. The Morgan fingerprint density at radius 3 is 2.48 bits per heavy atom. The van der Waals surface area contributed by atoms with Gasteiger partial charge in [-0.1, -0.05) is 15.9 Å². The summed E-state index contributed by atoms with van der Waals surface area (Å²) >= 11 is 3.66. The van der Waals surface area contributed by atoms with Crippen LogP contribution in [0, 0.1) is 0 Å². The average Bonchev–Trinajstić information content (AvgIpc) is 2.47. The van der Waals surface area contributed by atoms with Crippen LogP contribution in [0.1, 0.15) is 25.5 Å². The molecule has 4 nitrogen and oxygen atoms in total. The number of nitrogens with zero attached hydrogens (tertiary/aromatic N) is 2. The number of methoxy groups -OCH3 is 1. The highest BCUT2D eigenvalue weighted by Crippen LogP contribution is 2.32. The molecule has 5 heteroatoms. The molecule has 1 saturated heterocycles. The van der Waals surface area contributed by atoms with Gasteiger partial charge in [-0.2, -0.15) is 0 Å². The van der Waals surface area contributed by atoms with Crippen molar-refractivity contribution in [3.8, 4) is 5.75 Å². The van der Waals surface area contributed by atoms with Crippen LogP contribution in [-0.2, 0) is 0 Å². The summed E-state index contributed by atoms with van der Waals surface area (Å²) in [5, 5.41) is 0. The van der Waals surface area contributed by atoms with Gasteiger partial charge in [0.2, 0.25) is 0 Å². The molecular formula is C16H26BrN3O. The minimum Gasteiger partial charge on any atom is -0.497 e. The topological polar surface area (TPSA) is 41.7 Å². The maximum absolute atomic E-state index is 6.10. The van der Waals surface area contributed by atoms with Gasteiger partial charge in [0.05, 0.1) is 7.11 Å². The first-order valence-electron chi connectivity index (χ1n) is 7.47. The van der Waals surface area contributed by atoms with Gasteiger partial charge in [0.25, 0.3) is 0 Å². The summed E-state index contributed by atoms with van der Waals surface area (Å²) in [4.78, 5) is 4.93. The number of ether oxygens (including phenoxy) is 1. The van der Waals surface area contributed by atoms with Crippen molar-refractivity contribution < 1.29 is 4.74 Å². The lowest BCUT2D eigenvalue weighted by molar-refractivity contribution is 0.0350. The third-order valence-corrected chi connectivity index (χ3v) is 5.34. The van der Waals surface area contributed by atoms with E-state index in [0.717, 1.165) is 23.3 Å². The van der Waals surface area contributed by atoms with Crippen LogP contribution in [0.4, 0.5) is 0 Å². The lowest BCUT2D eigenvalue weighted by Crippen LogP contribution is -2.56. The van der Waals surface area contributed by atoms with Crippen LogP contribution in [-0.4, -0.2) is 55.7 Å². The lowest BCUT2D eigenvalue weighted by atomic mass is 10.0. The molecule has 0 aliphatic carbocycles. The van der Waals surface area contributed by atoms with E-state index >= 15 is 0 Å². The molecule has 2 N–H and O–H groups in total. The van der Waals surface area contributed by atoms with Crippen molar-refractivity contribution in [2.24, 2.45) is 5.73 Å². The summed E-state index contributed by atoms with van der Waals surface area (Å²) in [5.41, 5.74) is 7.31. The summed E-state index contributed by atoms with van der Waals surface area (Å²) in [6.45, 7) is 7.22. The molecule has 1 aliphatic rings. The Labute approximate surface area is 136 Å². The Morgan fingerprint density at radius 2 is 1.95 bits per heavy atom. The first-order chi connectivity index (χ1) is 9.97. The number of nitrogens with two attached hydrogens (primary N) is 1. The maximum Gasteiger partial charge on any atom is 0.119 e. The third-order valence-electron chi connectivity index (χ3n) is 4.61. The molecule has 0 amide bonds. The maximum atomic E-state index is 6.10. The summed E-state index contributed by atoms with van der Waals surface area (Å²) in [5.74, 6) is 0.877. The van der Waals surface area contributed by atoms with Gasteiger partial charge in [0.15, 0.2) is 0 Å². The van der Waals surface area contributed by atoms with E-state index < -0.39 is 0 Å². The fourth-order valence-corrected chi connectivity index (χ4v) is 3.59. The number of rotatable bonds is 4. The Bertz CT molecular complexity index is 471. The van der Waals surface area contributed by atoms with Gasteiger partial charge < -0.3 is 10.5 Å². The summed E-state index contributed by atoms with van der Waals surface area (Å²) in [6, 6.07) is 7.39. The van der Waals surface area contributed by atoms with Gasteiger partial charge in [0.1, 0.15) is 5.75 Å². The summed E-state index contributed by atoms with van der Waals surface area (Å²) in [7, 11) is 3.90. The zero-order valence-corrected chi connectivity index (χ0v) is 14.9. The summed E-state index contributed by atoms with van der Waals surface area (Å²) < 4.78 is 6.46. The van der Waals surface area contributed by atoms with Gasteiger partial charge >= 0.3 is 0 Å². The first kappa shape index (κ1) is 16.7. The molecule has 2 rings (SSSR count). The molecule has 1 aliphatic heterocycles. The SMILES string of the molecule is COc1ccc(Br)c(C(CN)N2CC(C)N(C)C(C)C2)c1. The van der Waals surface area contributed by atoms with Crippen molar-refractivity contribution in [3.63, 3.8) is 0 Å². The third kappa shape index (κ3) is 3.59. The predicted molar refractivity (Wildman–Crippen MR) is 90.7 cm³/mol. The van der Waals surface area contributed by atoms with Crippen molar-refractivity contribution >= 4 is 15.9 Å². The second kappa shape index (κ2) is 7.09. The molecule has 1 fully saturated rings. The van der Waals surface area contributed by atoms with Gasteiger partial charge in [-0.25, -0.2) is 0 Å². The molecule has 21 heavy (non-hydrogen) atoms. The van der Waals surface area contributed by atoms with E-state index in [1.807, 2.05) is 12.1 Å². The van der Waals surface area contributed by atoms with Crippen LogP contribution in [0.2, 0.25) is 0 Å². The molecule has 0 saturated carbocycles. The van der Waals surface area contributed by atoms with Crippen molar-refractivity contribution in [3.05, 3.63) is 28.2 Å². The summed E-state index contributed by atoms with van der Waals surface area (Å²) in [6.07, 6.45) is 0. The second-order valence-corrected chi connectivity index (χ2v) is 6.81. The van der Waals surface area contributed by atoms with Crippen molar-refractivity contribution in [2.45, 2.75) is 32.0 Å². The molecule has 3 unspecified atom stereocenters. The molecule has 0 aromatic heterocycles. The molecule has 1 aromatic carbocycles. The minimum atomic E-state index is 0.216. The number of hydrogen-bond acceptors (Lipinski definition) is 4. The van der Waals surface area contributed by atoms with Crippen molar-refractivity contribution in [1.82, 2.24) is 9.80 Å². The van der Waals surface area contributed by atoms with Crippen LogP contribution >= 0.6 is 15.9 Å². The molecule has 3 atom stereocenters. The van der Waals surface area contributed by atoms with Crippen molar-refractivity contribution in [1.29, 1.82) is 0 Å². The number of likely N-dealkylation sites (N-methyl/N-ethyl adjacent to an activating group) is 1. The highest BCUT2D eigenvalue weighted by atomic mass is 79.9. The quantitative estimate of drug-likeness (QED) is 0.900. The number of piperazine rings is 1. The standard InChI is InChI=1S/C16H26BrN3O/c1-11-9-20(10-12(2)19(11)3)16(8-18)14-7-13(21-4)5-6-15(14)17/h5-7,11-12,16H,8-10,18H2,1-4H3. The Morgan fingerprint density at radius 1 is 1.33 bits per heavy atom. The van der Waals surface area contributed by atoms with Crippen LogP contribution in [0.5, 0.6) is 5.75 Å². The highest BCUT2D eigenvalue weighted by molar-refractivity contribution is 9.10. The van der Waals surface area contributed by atoms with Crippen molar-refractivity contribution in [2.75, 3.05) is 33.8 Å². The fourth-order valence-electron chi connectivity index (χ4n) is 3.08. The van der Waals surface area contributed by atoms with Gasteiger partial charge in [-0.3, -0.25) is 9.80 Å². The minimum absolute atomic E-state index is 0.216. The molecule has 1 aromatic rings. The monoisotopic (exact) mass is 355 g/mol. The molecule has 118 valence electrons. The highest BCUT2D eigenvalue weighted by Gasteiger charge is 2.31. The van der Waals surface area contributed by atoms with E-state index in [4.69, 9.17) is 10.5 Å². The zero-order valence-electron chi connectivity index (χ0n) is 13.3. The van der Waals surface area contributed by atoms with Crippen LogP contribution in [0.15, 0.2) is 22.7 Å². The Kier molecular flexibility index (Phi) is 5.66.